The molecule has 1 rings (SSSR count). The highest BCUT2D eigenvalue weighted by Gasteiger charge is 2.18. The Morgan fingerprint density at radius 3 is 2.33 bits per heavy atom. The minimum Gasteiger partial charge on any atom is -0.481 e. The third-order valence-corrected chi connectivity index (χ3v) is 1.90. The van der Waals surface area contributed by atoms with Gasteiger partial charge < -0.3 is 9.84 Å². The summed E-state index contributed by atoms with van der Waals surface area (Å²) in [5, 5.41) is 8.34. The molecular weight excluding hydrogens is 246 g/mol. The number of halogens is 2. The molecule has 6 heteroatoms. The van der Waals surface area contributed by atoms with Gasteiger partial charge in [-0.25, -0.2) is 13.6 Å². The summed E-state index contributed by atoms with van der Waals surface area (Å²) in [6.07, 6.45) is -0.442. The lowest BCUT2D eigenvalue weighted by Gasteiger charge is -2.03. The van der Waals surface area contributed by atoms with E-state index in [1.165, 1.54) is 0 Å². The monoisotopic (exact) mass is 254 g/mol. The molecule has 0 aliphatic rings. The molecule has 0 aliphatic heterocycles. The smallest absolute Gasteiger partial charge is 0.343 e. The second kappa shape index (κ2) is 5.77. The normalized spacial score (nSPS) is 9.28. The van der Waals surface area contributed by atoms with E-state index < -0.39 is 35.6 Å². The molecule has 0 fully saturated rings. The predicted octanol–water partition coefficient (Wildman–Crippen LogP) is 1.58. The maximum atomic E-state index is 13.4. The first-order valence-corrected chi connectivity index (χ1v) is 4.73. The van der Waals surface area contributed by atoms with Gasteiger partial charge in [0.1, 0.15) is 23.6 Å². The third kappa shape index (κ3) is 3.28. The van der Waals surface area contributed by atoms with E-state index in [1.807, 2.05) is 0 Å². The Balaban J connectivity index is 3.09. The number of carboxylic acid groups (broad SMARTS) is 1. The van der Waals surface area contributed by atoms with Crippen LogP contribution >= 0.6 is 0 Å². The summed E-state index contributed by atoms with van der Waals surface area (Å²) >= 11 is 0. The summed E-state index contributed by atoms with van der Waals surface area (Å²) in [5.41, 5.74) is -0.861. The van der Waals surface area contributed by atoms with Gasteiger partial charge in [0.25, 0.3) is 0 Å². The summed E-state index contributed by atoms with van der Waals surface area (Å²) in [4.78, 5) is 21.2. The molecule has 0 saturated carbocycles. The lowest BCUT2D eigenvalue weighted by molar-refractivity contribution is -0.135. The van der Waals surface area contributed by atoms with Gasteiger partial charge in [-0.15, -0.1) is 0 Å². The van der Waals surface area contributed by atoms with Crippen LogP contribution in [-0.2, 0) is 9.53 Å². The van der Waals surface area contributed by atoms with Gasteiger partial charge in [0.2, 0.25) is 0 Å². The Morgan fingerprint density at radius 1 is 1.33 bits per heavy atom. The SMILES string of the molecule is COC(=O)c1c(F)cc(C#CCC(=O)O)cc1F. The van der Waals surface area contributed by atoms with Gasteiger partial charge in [-0.1, -0.05) is 11.8 Å². The maximum absolute atomic E-state index is 13.4. The molecular formula is C12H8F2O4. The fraction of sp³-hybridized carbons (Fsp3) is 0.167. The van der Waals surface area contributed by atoms with Crippen LogP contribution in [0.4, 0.5) is 8.78 Å². The summed E-state index contributed by atoms with van der Waals surface area (Å²) in [6.45, 7) is 0. The van der Waals surface area contributed by atoms with E-state index in [4.69, 9.17) is 5.11 Å². The number of methoxy groups -OCH3 is 1. The molecule has 1 N–H and O–H groups in total. The van der Waals surface area contributed by atoms with Crippen LogP contribution in [0.1, 0.15) is 22.3 Å². The summed E-state index contributed by atoms with van der Waals surface area (Å²) in [5.74, 6) is 0.00510. The first kappa shape index (κ1) is 13.6. The zero-order chi connectivity index (χ0) is 13.7. The standard InChI is InChI=1S/C12H8F2O4/c1-18-12(17)11-8(13)5-7(6-9(11)14)3-2-4-10(15)16/h5-6H,4H2,1H3,(H,15,16). The first-order chi connectivity index (χ1) is 8.45. The van der Waals surface area contributed by atoms with E-state index in [0.717, 1.165) is 19.2 Å². The number of rotatable bonds is 2. The number of aliphatic carboxylic acids is 1. The van der Waals surface area contributed by atoms with Gasteiger partial charge in [0.15, 0.2) is 0 Å². The van der Waals surface area contributed by atoms with Crippen molar-refractivity contribution in [2.75, 3.05) is 7.11 Å². The van der Waals surface area contributed by atoms with Gasteiger partial charge in [-0.2, -0.15) is 0 Å². The van der Waals surface area contributed by atoms with Crippen LogP contribution in [0.3, 0.4) is 0 Å². The Kier molecular flexibility index (Phi) is 4.38. The summed E-state index contributed by atoms with van der Waals surface area (Å²) in [7, 11) is 1.00. The molecule has 0 aliphatic carbocycles. The number of hydrogen-bond donors (Lipinski definition) is 1. The minimum atomic E-state index is -1.14. The number of carbonyl (C=O) groups excluding carboxylic acids is 1. The van der Waals surface area contributed by atoms with Gasteiger partial charge in [0.05, 0.1) is 7.11 Å². The van der Waals surface area contributed by atoms with Crippen molar-refractivity contribution < 1.29 is 28.2 Å². The quantitative estimate of drug-likeness (QED) is 0.642. The van der Waals surface area contributed by atoms with Crippen LogP contribution < -0.4 is 0 Å². The summed E-state index contributed by atoms with van der Waals surface area (Å²) < 4.78 is 31.0. The number of hydrogen-bond acceptors (Lipinski definition) is 3. The molecule has 0 unspecified atom stereocenters. The highest BCUT2D eigenvalue weighted by atomic mass is 19.1. The molecule has 0 heterocycles. The van der Waals surface area contributed by atoms with Gasteiger partial charge in [-0.3, -0.25) is 4.79 Å². The third-order valence-electron chi connectivity index (χ3n) is 1.90. The molecule has 0 spiro atoms. The van der Waals surface area contributed by atoms with E-state index in [1.54, 1.807) is 0 Å². The second-order valence-electron chi connectivity index (χ2n) is 3.18. The fourth-order valence-corrected chi connectivity index (χ4v) is 1.16. The molecule has 0 atom stereocenters. The number of esters is 1. The largest absolute Gasteiger partial charge is 0.481 e. The molecule has 1 aromatic carbocycles. The average Bonchev–Trinajstić information content (AvgIpc) is 2.27. The van der Waals surface area contributed by atoms with E-state index in [2.05, 4.69) is 16.6 Å². The average molecular weight is 254 g/mol. The Labute approximate surface area is 101 Å². The molecule has 94 valence electrons. The van der Waals surface area contributed by atoms with Crippen molar-refractivity contribution in [1.29, 1.82) is 0 Å². The van der Waals surface area contributed by atoms with Gasteiger partial charge >= 0.3 is 11.9 Å². The van der Waals surface area contributed by atoms with Crippen LogP contribution in [0.15, 0.2) is 12.1 Å². The van der Waals surface area contributed by atoms with Crippen molar-refractivity contribution in [2.24, 2.45) is 0 Å². The van der Waals surface area contributed by atoms with Crippen LogP contribution in [0.2, 0.25) is 0 Å². The summed E-state index contributed by atoms with van der Waals surface area (Å²) in [6, 6.07) is 1.67. The van der Waals surface area contributed by atoms with Crippen molar-refractivity contribution in [3.63, 3.8) is 0 Å². The molecule has 18 heavy (non-hydrogen) atoms. The molecule has 1 aromatic rings. The fourth-order valence-electron chi connectivity index (χ4n) is 1.16. The number of ether oxygens (including phenoxy) is 1. The lowest BCUT2D eigenvalue weighted by Crippen LogP contribution is -2.08. The van der Waals surface area contributed by atoms with Crippen molar-refractivity contribution in [3.05, 3.63) is 34.9 Å². The number of benzene rings is 1. The first-order valence-electron chi connectivity index (χ1n) is 4.73. The maximum Gasteiger partial charge on any atom is 0.343 e. The zero-order valence-corrected chi connectivity index (χ0v) is 9.29. The van der Waals surface area contributed by atoms with E-state index in [0.29, 0.717) is 0 Å². The van der Waals surface area contributed by atoms with Gasteiger partial charge in [0, 0.05) is 5.56 Å². The molecule has 0 amide bonds. The van der Waals surface area contributed by atoms with Crippen molar-refractivity contribution in [2.45, 2.75) is 6.42 Å². The Bertz CT molecular complexity index is 532. The molecule has 0 radical (unpaired) electrons. The highest BCUT2D eigenvalue weighted by Crippen LogP contribution is 2.16. The Hall–Kier alpha value is -2.42. The predicted molar refractivity (Wildman–Crippen MR) is 56.8 cm³/mol. The van der Waals surface area contributed by atoms with E-state index in [9.17, 15) is 18.4 Å². The molecule has 0 bridgehead atoms. The van der Waals surface area contributed by atoms with Crippen LogP contribution in [0, 0.1) is 23.5 Å². The zero-order valence-electron chi connectivity index (χ0n) is 9.29. The van der Waals surface area contributed by atoms with E-state index >= 15 is 0 Å². The van der Waals surface area contributed by atoms with Crippen molar-refractivity contribution in [3.8, 4) is 11.8 Å². The van der Waals surface area contributed by atoms with Crippen LogP contribution in [0.25, 0.3) is 0 Å². The van der Waals surface area contributed by atoms with E-state index in [-0.39, 0.29) is 5.56 Å². The van der Waals surface area contributed by atoms with Crippen LogP contribution in [0.5, 0.6) is 0 Å². The van der Waals surface area contributed by atoms with Crippen molar-refractivity contribution >= 4 is 11.9 Å². The second-order valence-corrected chi connectivity index (χ2v) is 3.18. The Morgan fingerprint density at radius 2 is 1.89 bits per heavy atom. The van der Waals surface area contributed by atoms with Gasteiger partial charge in [-0.05, 0) is 12.1 Å². The lowest BCUT2D eigenvalue weighted by atomic mass is 10.1. The van der Waals surface area contributed by atoms with Crippen LogP contribution in [-0.4, -0.2) is 24.2 Å². The molecule has 0 saturated heterocycles. The minimum absolute atomic E-state index is 0.0566. The number of carbonyl (C=O) groups is 2. The molecule has 0 aromatic heterocycles. The number of carboxylic acids is 1. The molecule has 4 nitrogen and oxygen atoms in total. The highest BCUT2D eigenvalue weighted by molar-refractivity contribution is 5.90. The van der Waals surface area contributed by atoms with Crippen molar-refractivity contribution in [1.82, 2.24) is 0 Å². The topological polar surface area (TPSA) is 63.6 Å².